The van der Waals surface area contributed by atoms with Crippen LogP contribution in [0.25, 0.3) is 11.1 Å². The molecule has 1 heterocycles. The highest BCUT2D eigenvalue weighted by Crippen LogP contribution is 2.19. The molecule has 5 nitrogen and oxygen atoms in total. The summed E-state index contributed by atoms with van der Waals surface area (Å²) in [6, 6.07) is 17.3. The average molecular weight is 359 g/mol. The lowest BCUT2D eigenvalue weighted by molar-refractivity contribution is 0.0465. The summed E-state index contributed by atoms with van der Waals surface area (Å²) in [4.78, 5) is 14.1. The zero-order valence-electron chi connectivity index (χ0n) is 13.9. The van der Waals surface area contributed by atoms with E-state index in [9.17, 15) is 13.2 Å². The summed E-state index contributed by atoms with van der Waals surface area (Å²) in [5.41, 5.74) is 2.66. The van der Waals surface area contributed by atoms with Crippen molar-refractivity contribution < 1.29 is 17.9 Å². The second-order valence-corrected chi connectivity index (χ2v) is 8.38. The van der Waals surface area contributed by atoms with Crippen LogP contribution in [0.2, 0.25) is 0 Å². The van der Waals surface area contributed by atoms with Crippen molar-refractivity contribution in [2.45, 2.75) is 0 Å². The molecule has 1 aliphatic heterocycles. The van der Waals surface area contributed by atoms with Crippen LogP contribution in [0.4, 0.5) is 0 Å². The highest BCUT2D eigenvalue weighted by atomic mass is 32.2. The highest BCUT2D eigenvalue weighted by Gasteiger charge is 2.21. The van der Waals surface area contributed by atoms with E-state index in [-0.39, 0.29) is 24.1 Å². The standard InChI is InChI=1S/C19H21NO4S/c21-19(24-13-10-20-11-14-25(22,23)15-12-20)18-8-6-17(7-9-18)16-4-2-1-3-5-16/h1-9H,10-15H2. The van der Waals surface area contributed by atoms with Gasteiger partial charge in [0, 0.05) is 19.6 Å². The lowest BCUT2D eigenvalue weighted by Gasteiger charge is -2.26. The molecule has 0 spiro atoms. The van der Waals surface area contributed by atoms with Crippen LogP contribution in [0.3, 0.4) is 0 Å². The Morgan fingerprint density at radius 3 is 2.16 bits per heavy atom. The van der Waals surface area contributed by atoms with Crippen LogP contribution in [-0.2, 0) is 14.6 Å². The molecule has 1 fully saturated rings. The molecule has 2 aromatic carbocycles. The molecular formula is C19H21NO4S. The molecule has 132 valence electrons. The fraction of sp³-hybridized carbons (Fsp3) is 0.316. The van der Waals surface area contributed by atoms with Crippen molar-refractivity contribution in [3.8, 4) is 11.1 Å². The topological polar surface area (TPSA) is 63.7 Å². The van der Waals surface area contributed by atoms with Gasteiger partial charge in [-0.15, -0.1) is 0 Å². The molecule has 0 amide bonds. The molecule has 6 heteroatoms. The van der Waals surface area contributed by atoms with Crippen molar-refractivity contribution in [1.29, 1.82) is 0 Å². The van der Waals surface area contributed by atoms with Gasteiger partial charge in [-0.3, -0.25) is 4.90 Å². The fourth-order valence-electron chi connectivity index (χ4n) is 2.75. The van der Waals surface area contributed by atoms with Gasteiger partial charge >= 0.3 is 5.97 Å². The smallest absolute Gasteiger partial charge is 0.338 e. The zero-order chi connectivity index (χ0) is 17.7. The van der Waals surface area contributed by atoms with Gasteiger partial charge in [-0.05, 0) is 23.3 Å². The first-order valence-electron chi connectivity index (χ1n) is 8.29. The predicted molar refractivity (Wildman–Crippen MR) is 97.3 cm³/mol. The minimum Gasteiger partial charge on any atom is -0.461 e. The molecule has 1 aliphatic rings. The van der Waals surface area contributed by atoms with Crippen LogP contribution in [0, 0.1) is 0 Å². The number of ether oxygens (including phenoxy) is 1. The molecule has 0 bridgehead atoms. The third kappa shape index (κ3) is 4.90. The number of sulfone groups is 1. The first kappa shape index (κ1) is 17.6. The molecule has 3 rings (SSSR count). The Balaban J connectivity index is 1.49. The molecular weight excluding hydrogens is 338 g/mol. The molecule has 0 atom stereocenters. The van der Waals surface area contributed by atoms with E-state index in [0.29, 0.717) is 25.2 Å². The Morgan fingerprint density at radius 2 is 1.52 bits per heavy atom. The Kier molecular flexibility index (Phi) is 5.50. The Morgan fingerprint density at radius 1 is 0.920 bits per heavy atom. The largest absolute Gasteiger partial charge is 0.461 e. The molecule has 2 aromatic rings. The Hall–Kier alpha value is -2.18. The summed E-state index contributed by atoms with van der Waals surface area (Å²) in [5, 5.41) is 0. The van der Waals surface area contributed by atoms with Gasteiger partial charge in [-0.1, -0.05) is 42.5 Å². The van der Waals surface area contributed by atoms with Gasteiger partial charge in [-0.2, -0.15) is 0 Å². The Bertz CT molecular complexity index is 802. The van der Waals surface area contributed by atoms with E-state index in [0.717, 1.165) is 11.1 Å². The van der Waals surface area contributed by atoms with Crippen LogP contribution in [0.15, 0.2) is 54.6 Å². The van der Waals surface area contributed by atoms with Gasteiger partial charge in [0.25, 0.3) is 0 Å². The quantitative estimate of drug-likeness (QED) is 0.766. The number of rotatable bonds is 5. The van der Waals surface area contributed by atoms with E-state index < -0.39 is 9.84 Å². The summed E-state index contributed by atoms with van der Waals surface area (Å²) >= 11 is 0. The van der Waals surface area contributed by atoms with Gasteiger partial charge in [-0.25, -0.2) is 13.2 Å². The third-order valence-electron chi connectivity index (χ3n) is 4.31. The molecule has 25 heavy (non-hydrogen) atoms. The number of hydrogen-bond acceptors (Lipinski definition) is 5. The molecule has 0 aromatic heterocycles. The van der Waals surface area contributed by atoms with Gasteiger partial charge < -0.3 is 4.74 Å². The third-order valence-corrected chi connectivity index (χ3v) is 5.91. The summed E-state index contributed by atoms with van der Waals surface area (Å²) in [6.07, 6.45) is 0. The molecule has 0 unspecified atom stereocenters. The van der Waals surface area contributed by atoms with E-state index >= 15 is 0 Å². The van der Waals surface area contributed by atoms with Crippen molar-refractivity contribution in [3.05, 3.63) is 60.2 Å². The van der Waals surface area contributed by atoms with Crippen molar-refractivity contribution in [3.63, 3.8) is 0 Å². The summed E-state index contributed by atoms with van der Waals surface area (Å²) in [5.74, 6) is 0.00769. The van der Waals surface area contributed by atoms with Crippen LogP contribution in [0.5, 0.6) is 0 Å². The minimum atomic E-state index is -2.88. The SMILES string of the molecule is O=C(OCCN1CCS(=O)(=O)CC1)c1ccc(-c2ccccc2)cc1. The molecule has 0 saturated carbocycles. The van der Waals surface area contributed by atoms with Crippen LogP contribution >= 0.6 is 0 Å². The molecule has 1 saturated heterocycles. The first-order chi connectivity index (χ1) is 12.0. The second-order valence-electron chi connectivity index (χ2n) is 6.07. The van der Waals surface area contributed by atoms with Crippen LogP contribution in [-0.4, -0.2) is 57.0 Å². The monoisotopic (exact) mass is 359 g/mol. The van der Waals surface area contributed by atoms with Crippen molar-refractivity contribution in [2.75, 3.05) is 37.7 Å². The fourth-order valence-corrected chi connectivity index (χ4v) is 4.03. The lowest BCUT2D eigenvalue weighted by Crippen LogP contribution is -2.41. The highest BCUT2D eigenvalue weighted by molar-refractivity contribution is 7.91. The summed E-state index contributed by atoms with van der Waals surface area (Å²) in [6.45, 7) is 1.83. The van der Waals surface area contributed by atoms with E-state index in [1.54, 1.807) is 12.1 Å². The van der Waals surface area contributed by atoms with Crippen molar-refractivity contribution >= 4 is 15.8 Å². The van der Waals surface area contributed by atoms with Gasteiger partial charge in [0.15, 0.2) is 9.84 Å². The Labute approximate surface area is 148 Å². The first-order valence-corrected chi connectivity index (χ1v) is 10.1. The van der Waals surface area contributed by atoms with Gasteiger partial charge in [0.2, 0.25) is 0 Å². The molecule has 0 radical (unpaired) electrons. The van der Waals surface area contributed by atoms with Crippen LogP contribution in [0.1, 0.15) is 10.4 Å². The maximum Gasteiger partial charge on any atom is 0.338 e. The van der Waals surface area contributed by atoms with E-state index in [1.165, 1.54) is 0 Å². The lowest BCUT2D eigenvalue weighted by atomic mass is 10.0. The number of carbonyl (C=O) groups is 1. The van der Waals surface area contributed by atoms with Gasteiger partial charge in [0.05, 0.1) is 17.1 Å². The van der Waals surface area contributed by atoms with Gasteiger partial charge in [0.1, 0.15) is 6.61 Å². The molecule has 0 aliphatic carbocycles. The number of hydrogen-bond donors (Lipinski definition) is 0. The number of esters is 1. The van der Waals surface area contributed by atoms with Crippen LogP contribution < -0.4 is 0 Å². The van der Waals surface area contributed by atoms with Crippen molar-refractivity contribution in [1.82, 2.24) is 4.90 Å². The summed E-state index contributed by atoms with van der Waals surface area (Å²) < 4.78 is 28.1. The number of nitrogens with zero attached hydrogens (tertiary/aromatic N) is 1. The molecule has 0 N–H and O–H groups in total. The van der Waals surface area contributed by atoms with E-state index in [4.69, 9.17) is 4.74 Å². The number of benzene rings is 2. The maximum atomic E-state index is 12.1. The minimum absolute atomic E-state index is 0.182. The van der Waals surface area contributed by atoms with Crippen molar-refractivity contribution in [2.24, 2.45) is 0 Å². The normalized spacial score (nSPS) is 17.1. The zero-order valence-corrected chi connectivity index (χ0v) is 14.7. The second kappa shape index (κ2) is 7.80. The average Bonchev–Trinajstić information content (AvgIpc) is 2.64. The van der Waals surface area contributed by atoms with E-state index in [1.807, 2.05) is 47.4 Å². The van der Waals surface area contributed by atoms with E-state index in [2.05, 4.69) is 0 Å². The number of carbonyl (C=O) groups excluding carboxylic acids is 1. The predicted octanol–water partition coefficient (Wildman–Crippen LogP) is 2.24. The maximum absolute atomic E-state index is 12.1. The summed E-state index contributed by atoms with van der Waals surface area (Å²) in [7, 11) is -2.88.